The lowest BCUT2D eigenvalue weighted by atomic mass is 10.3. The van der Waals surface area contributed by atoms with Crippen LogP contribution in [-0.2, 0) is 20.1 Å². The van der Waals surface area contributed by atoms with Gasteiger partial charge in [0.25, 0.3) is 5.56 Å². The van der Waals surface area contributed by atoms with Gasteiger partial charge in [-0.25, -0.2) is 4.79 Å². The molecule has 3 aromatic rings. The Morgan fingerprint density at radius 1 is 1.21 bits per heavy atom. The average molecular weight is 381 g/mol. The standard InChI is InChI=1S/C20H23N5O3/c1-5-28-15-8-6-14(7-9-15)23-10-11-24-16-17(21-19(23)24)22(4)20(27)25(18(16)26)12-13(2)3/h6-9H,2,5,10-12H2,1,3-4H3. The molecule has 1 aliphatic heterocycles. The van der Waals surface area contributed by atoms with Gasteiger partial charge in [0, 0.05) is 25.8 Å². The summed E-state index contributed by atoms with van der Waals surface area (Å²) in [6.45, 7) is 9.71. The Balaban J connectivity index is 1.85. The van der Waals surface area contributed by atoms with Gasteiger partial charge in [-0.15, -0.1) is 0 Å². The van der Waals surface area contributed by atoms with Gasteiger partial charge in [0.05, 0.1) is 13.2 Å². The van der Waals surface area contributed by atoms with Crippen LogP contribution in [0.3, 0.4) is 0 Å². The summed E-state index contributed by atoms with van der Waals surface area (Å²) >= 11 is 0. The van der Waals surface area contributed by atoms with Crippen molar-refractivity contribution < 1.29 is 4.74 Å². The lowest BCUT2D eigenvalue weighted by molar-refractivity contribution is 0.340. The zero-order chi connectivity index (χ0) is 20.0. The summed E-state index contributed by atoms with van der Waals surface area (Å²) in [6, 6.07) is 7.77. The molecule has 8 heteroatoms. The monoisotopic (exact) mass is 381 g/mol. The quantitative estimate of drug-likeness (QED) is 0.632. The highest BCUT2D eigenvalue weighted by Gasteiger charge is 2.28. The first-order chi connectivity index (χ1) is 13.4. The number of aryl methyl sites for hydroxylation is 1. The smallest absolute Gasteiger partial charge is 0.332 e. The fraction of sp³-hybridized carbons (Fsp3) is 0.350. The van der Waals surface area contributed by atoms with Gasteiger partial charge in [0.15, 0.2) is 11.2 Å². The zero-order valence-electron chi connectivity index (χ0n) is 16.3. The fourth-order valence-electron chi connectivity index (χ4n) is 3.62. The summed E-state index contributed by atoms with van der Waals surface area (Å²) in [4.78, 5) is 32.3. The molecule has 0 saturated carbocycles. The first-order valence-electron chi connectivity index (χ1n) is 9.27. The van der Waals surface area contributed by atoms with E-state index in [0.29, 0.717) is 36.8 Å². The summed E-state index contributed by atoms with van der Waals surface area (Å²) in [5.74, 6) is 1.48. The van der Waals surface area contributed by atoms with Gasteiger partial charge in [-0.2, -0.15) is 4.98 Å². The van der Waals surface area contributed by atoms with Crippen LogP contribution in [0, 0.1) is 0 Å². The molecule has 0 atom stereocenters. The van der Waals surface area contributed by atoms with Crippen molar-refractivity contribution in [3.63, 3.8) is 0 Å². The van der Waals surface area contributed by atoms with Crippen molar-refractivity contribution >= 4 is 22.8 Å². The molecule has 3 heterocycles. The predicted molar refractivity (Wildman–Crippen MR) is 109 cm³/mol. The number of anilines is 2. The second kappa shape index (κ2) is 6.70. The third kappa shape index (κ3) is 2.72. The van der Waals surface area contributed by atoms with Crippen LogP contribution in [-0.4, -0.2) is 31.8 Å². The molecule has 28 heavy (non-hydrogen) atoms. The molecule has 2 aromatic heterocycles. The van der Waals surface area contributed by atoms with Gasteiger partial charge in [-0.05, 0) is 38.1 Å². The topological polar surface area (TPSA) is 74.3 Å². The molecule has 1 aromatic carbocycles. The van der Waals surface area contributed by atoms with Crippen molar-refractivity contribution in [2.24, 2.45) is 7.05 Å². The van der Waals surface area contributed by atoms with Gasteiger partial charge in [-0.1, -0.05) is 12.2 Å². The predicted octanol–water partition coefficient (Wildman–Crippen LogP) is 2.02. The number of hydrogen-bond acceptors (Lipinski definition) is 5. The Morgan fingerprint density at radius 3 is 2.57 bits per heavy atom. The molecule has 0 bridgehead atoms. The van der Waals surface area contributed by atoms with E-state index in [0.717, 1.165) is 17.0 Å². The van der Waals surface area contributed by atoms with Crippen LogP contribution in [0.5, 0.6) is 5.75 Å². The number of rotatable bonds is 5. The lowest BCUT2D eigenvalue weighted by Gasteiger charge is -2.16. The van der Waals surface area contributed by atoms with Gasteiger partial charge in [-0.3, -0.25) is 13.9 Å². The minimum atomic E-state index is -0.384. The second-order valence-electron chi connectivity index (χ2n) is 7.00. The number of nitrogens with zero attached hydrogens (tertiary/aromatic N) is 5. The Labute approximate surface area is 161 Å². The van der Waals surface area contributed by atoms with Crippen LogP contribution >= 0.6 is 0 Å². The van der Waals surface area contributed by atoms with Crippen molar-refractivity contribution in [1.29, 1.82) is 0 Å². The van der Waals surface area contributed by atoms with E-state index in [1.165, 1.54) is 9.13 Å². The van der Waals surface area contributed by atoms with Crippen LogP contribution in [0.15, 0.2) is 46.0 Å². The van der Waals surface area contributed by atoms with E-state index in [4.69, 9.17) is 4.74 Å². The minimum Gasteiger partial charge on any atom is -0.494 e. The maximum Gasteiger partial charge on any atom is 0.332 e. The summed E-state index contributed by atoms with van der Waals surface area (Å²) < 4.78 is 10.0. The van der Waals surface area contributed by atoms with E-state index in [1.807, 2.05) is 40.7 Å². The number of aromatic nitrogens is 4. The van der Waals surface area contributed by atoms with Crippen LogP contribution in [0.1, 0.15) is 13.8 Å². The Bertz CT molecular complexity index is 1180. The highest BCUT2D eigenvalue weighted by molar-refractivity contribution is 5.77. The van der Waals surface area contributed by atoms with Crippen LogP contribution < -0.4 is 20.9 Å². The van der Waals surface area contributed by atoms with E-state index in [-0.39, 0.29) is 17.8 Å². The van der Waals surface area contributed by atoms with E-state index in [1.54, 1.807) is 14.0 Å². The van der Waals surface area contributed by atoms with Gasteiger partial charge in [0.1, 0.15) is 5.75 Å². The largest absolute Gasteiger partial charge is 0.494 e. The van der Waals surface area contributed by atoms with Crippen molar-refractivity contribution in [3.05, 3.63) is 57.3 Å². The van der Waals surface area contributed by atoms with Crippen molar-refractivity contribution in [3.8, 4) is 5.75 Å². The van der Waals surface area contributed by atoms with Crippen molar-refractivity contribution in [1.82, 2.24) is 18.7 Å². The highest BCUT2D eigenvalue weighted by atomic mass is 16.5. The number of benzene rings is 1. The molecule has 0 amide bonds. The Morgan fingerprint density at radius 2 is 1.93 bits per heavy atom. The first-order valence-corrected chi connectivity index (χ1v) is 9.27. The molecule has 0 aliphatic carbocycles. The summed E-state index contributed by atoms with van der Waals surface area (Å²) in [6.07, 6.45) is 0. The molecular weight excluding hydrogens is 358 g/mol. The maximum absolute atomic E-state index is 13.0. The van der Waals surface area contributed by atoms with Crippen molar-refractivity contribution in [2.45, 2.75) is 26.9 Å². The molecule has 8 nitrogen and oxygen atoms in total. The fourth-order valence-corrected chi connectivity index (χ4v) is 3.62. The normalized spacial score (nSPS) is 13.2. The molecule has 0 unspecified atom stereocenters. The molecule has 0 saturated heterocycles. The second-order valence-corrected chi connectivity index (χ2v) is 7.00. The van der Waals surface area contributed by atoms with E-state index in [2.05, 4.69) is 11.6 Å². The lowest BCUT2D eigenvalue weighted by Crippen LogP contribution is -2.39. The Kier molecular flexibility index (Phi) is 4.33. The summed E-state index contributed by atoms with van der Waals surface area (Å²) in [5.41, 5.74) is 1.85. The Hall–Kier alpha value is -3.29. The summed E-state index contributed by atoms with van der Waals surface area (Å²) in [7, 11) is 1.64. The van der Waals surface area contributed by atoms with E-state index < -0.39 is 0 Å². The molecular formula is C20H23N5O3. The van der Waals surface area contributed by atoms with E-state index >= 15 is 0 Å². The minimum absolute atomic E-state index is 0.199. The maximum atomic E-state index is 13.0. The van der Waals surface area contributed by atoms with Gasteiger partial charge in [0.2, 0.25) is 5.95 Å². The first kappa shape index (κ1) is 18.1. The third-order valence-corrected chi connectivity index (χ3v) is 4.89. The number of fused-ring (bicyclic) bond motifs is 3. The summed E-state index contributed by atoms with van der Waals surface area (Å²) in [5, 5.41) is 0. The van der Waals surface area contributed by atoms with E-state index in [9.17, 15) is 9.59 Å². The number of allylic oxidation sites excluding steroid dienone is 1. The number of ether oxygens (including phenoxy) is 1. The molecule has 0 spiro atoms. The zero-order valence-corrected chi connectivity index (χ0v) is 16.3. The molecule has 0 radical (unpaired) electrons. The molecule has 4 rings (SSSR count). The number of imidazole rings is 1. The SMILES string of the molecule is C=C(C)Cn1c(=O)c2c(nc3n2CCN3c2ccc(OCC)cc2)n(C)c1=O. The van der Waals surface area contributed by atoms with Crippen LogP contribution in [0.25, 0.3) is 11.2 Å². The van der Waals surface area contributed by atoms with Crippen LogP contribution in [0.2, 0.25) is 0 Å². The van der Waals surface area contributed by atoms with Gasteiger partial charge < -0.3 is 14.2 Å². The average Bonchev–Trinajstić information content (AvgIpc) is 3.23. The third-order valence-electron chi connectivity index (χ3n) is 4.89. The molecule has 0 N–H and O–H groups in total. The van der Waals surface area contributed by atoms with Crippen molar-refractivity contribution in [2.75, 3.05) is 18.1 Å². The molecule has 0 fully saturated rings. The number of hydrogen-bond donors (Lipinski definition) is 0. The van der Waals surface area contributed by atoms with Gasteiger partial charge >= 0.3 is 5.69 Å². The van der Waals surface area contributed by atoms with Crippen LogP contribution in [0.4, 0.5) is 11.6 Å². The molecule has 1 aliphatic rings. The molecule has 146 valence electrons. The highest BCUT2D eigenvalue weighted by Crippen LogP contribution is 2.32.